The van der Waals surface area contributed by atoms with E-state index in [4.69, 9.17) is 0 Å². The van der Waals surface area contributed by atoms with Crippen molar-refractivity contribution >= 4 is 11.9 Å². The van der Waals surface area contributed by atoms with Gasteiger partial charge in [-0.05, 0) is 42.9 Å². The minimum atomic E-state index is -0.868. The molecule has 1 aromatic rings. The number of carboxylic acid groups (broad SMARTS) is 1. The summed E-state index contributed by atoms with van der Waals surface area (Å²) in [7, 11) is 0. The molecular weight excluding hydrogens is 256 g/mol. The molecule has 5 heteroatoms. The predicted molar refractivity (Wildman–Crippen MR) is 73.8 cm³/mol. The summed E-state index contributed by atoms with van der Waals surface area (Å²) in [6.07, 6.45) is 4.66. The lowest BCUT2D eigenvalue weighted by molar-refractivity contribution is -0.146. The summed E-state index contributed by atoms with van der Waals surface area (Å²) in [6, 6.07) is 1.89. The zero-order valence-electron chi connectivity index (χ0n) is 11.8. The number of hydrogen-bond acceptors (Lipinski definition) is 3. The van der Waals surface area contributed by atoms with Gasteiger partial charge in [0.15, 0.2) is 0 Å². The van der Waals surface area contributed by atoms with E-state index in [2.05, 4.69) is 10.3 Å². The van der Waals surface area contributed by atoms with Gasteiger partial charge in [-0.15, -0.1) is 0 Å². The molecule has 0 radical (unpaired) electrons. The summed E-state index contributed by atoms with van der Waals surface area (Å²) < 4.78 is 0. The number of hydrogen-bond donors (Lipinski definition) is 2. The molecule has 1 heterocycles. The maximum Gasteiger partial charge on any atom is 0.307 e. The van der Waals surface area contributed by atoms with Gasteiger partial charge in [0.25, 0.3) is 0 Å². The van der Waals surface area contributed by atoms with Crippen LogP contribution in [0.25, 0.3) is 0 Å². The van der Waals surface area contributed by atoms with Crippen molar-refractivity contribution < 1.29 is 14.7 Å². The summed E-state index contributed by atoms with van der Waals surface area (Å²) >= 11 is 0. The van der Waals surface area contributed by atoms with Gasteiger partial charge in [-0.25, -0.2) is 0 Å². The van der Waals surface area contributed by atoms with Gasteiger partial charge < -0.3 is 10.4 Å². The standard InChI is InChI=1S/C15H20N2O3/c1-9-5-12(13(6-9)15(19)20)14(18)17-8-11-7-16-4-3-10(11)2/h3-4,7,9,12-13H,5-6,8H2,1-2H3,(H,17,18)(H,19,20)/t9?,12-,13+/m0/s1. The second kappa shape index (κ2) is 6.03. The van der Waals surface area contributed by atoms with E-state index >= 15 is 0 Å². The van der Waals surface area contributed by atoms with E-state index < -0.39 is 17.8 Å². The van der Waals surface area contributed by atoms with Crippen molar-refractivity contribution in [1.29, 1.82) is 0 Å². The highest BCUT2D eigenvalue weighted by molar-refractivity contribution is 5.85. The van der Waals surface area contributed by atoms with E-state index in [9.17, 15) is 14.7 Å². The van der Waals surface area contributed by atoms with Crippen LogP contribution in [0.4, 0.5) is 0 Å². The van der Waals surface area contributed by atoms with Gasteiger partial charge in [0, 0.05) is 18.9 Å². The van der Waals surface area contributed by atoms with Crippen LogP contribution in [0.1, 0.15) is 30.9 Å². The number of nitrogens with zero attached hydrogens (tertiary/aromatic N) is 1. The van der Waals surface area contributed by atoms with E-state index in [1.807, 2.05) is 19.9 Å². The number of pyridine rings is 1. The van der Waals surface area contributed by atoms with Crippen molar-refractivity contribution in [3.8, 4) is 0 Å². The van der Waals surface area contributed by atoms with Crippen molar-refractivity contribution in [2.24, 2.45) is 17.8 Å². The van der Waals surface area contributed by atoms with Crippen molar-refractivity contribution in [2.75, 3.05) is 0 Å². The number of aryl methyl sites for hydroxylation is 1. The average molecular weight is 276 g/mol. The minimum Gasteiger partial charge on any atom is -0.481 e. The third-order valence-corrected chi connectivity index (χ3v) is 4.05. The zero-order valence-corrected chi connectivity index (χ0v) is 11.8. The number of carbonyl (C=O) groups excluding carboxylic acids is 1. The molecule has 0 bridgehead atoms. The van der Waals surface area contributed by atoms with Gasteiger partial charge in [0.1, 0.15) is 0 Å². The Morgan fingerprint density at radius 3 is 2.75 bits per heavy atom. The highest BCUT2D eigenvalue weighted by Crippen LogP contribution is 2.36. The third-order valence-electron chi connectivity index (χ3n) is 4.05. The van der Waals surface area contributed by atoms with E-state index in [0.29, 0.717) is 19.4 Å². The van der Waals surface area contributed by atoms with Crippen LogP contribution in [0.15, 0.2) is 18.5 Å². The van der Waals surface area contributed by atoms with Crippen molar-refractivity contribution in [3.05, 3.63) is 29.6 Å². The molecule has 5 nitrogen and oxygen atoms in total. The molecule has 2 rings (SSSR count). The number of aliphatic carboxylic acids is 1. The van der Waals surface area contributed by atoms with Crippen LogP contribution in [0.5, 0.6) is 0 Å². The summed E-state index contributed by atoms with van der Waals surface area (Å²) in [5.41, 5.74) is 2.02. The summed E-state index contributed by atoms with van der Waals surface area (Å²) in [5.74, 6) is -1.72. The number of nitrogens with one attached hydrogen (secondary N) is 1. The second-order valence-electron chi connectivity index (χ2n) is 5.65. The maximum absolute atomic E-state index is 12.2. The Kier molecular flexibility index (Phi) is 4.37. The number of amides is 1. The molecule has 0 spiro atoms. The van der Waals surface area contributed by atoms with Gasteiger partial charge in [-0.1, -0.05) is 6.92 Å². The Labute approximate surface area is 118 Å². The molecule has 1 unspecified atom stereocenters. The first-order chi connectivity index (χ1) is 9.49. The molecule has 1 amide bonds. The number of aromatic nitrogens is 1. The molecule has 1 aliphatic rings. The topological polar surface area (TPSA) is 79.3 Å². The van der Waals surface area contributed by atoms with Crippen LogP contribution in [-0.4, -0.2) is 22.0 Å². The van der Waals surface area contributed by atoms with Gasteiger partial charge >= 0.3 is 5.97 Å². The van der Waals surface area contributed by atoms with Crippen LogP contribution in [0.2, 0.25) is 0 Å². The molecule has 0 aromatic carbocycles. The van der Waals surface area contributed by atoms with E-state index in [1.54, 1.807) is 12.4 Å². The zero-order chi connectivity index (χ0) is 14.7. The molecule has 0 aliphatic heterocycles. The summed E-state index contributed by atoms with van der Waals surface area (Å²) in [5, 5.41) is 12.0. The van der Waals surface area contributed by atoms with E-state index in [1.165, 1.54) is 0 Å². The molecule has 1 fully saturated rings. The molecule has 1 saturated carbocycles. The van der Waals surface area contributed by atoms with E-state index in [0.717, 1.165) is 11.1 Å². The lowest BCUT2D eigenvalue weighted by Crippen LogP contribution is -2.35. The Morgan fingerprint density at radius 2 is 2.10 bits per heavy atom. The fraction of sp³-hybridized carbons (Fsp3) is 0.533. The van der Waals surface area contributed by atoms with Crippen LogP contribution in [-0.2, 0) is 16.1 Å². The molecule has 3 atom stereocenters. The SMILES string of the molecule is Cc1ccncc1CNC(=O)[C@H]1CC(C)C[C@H]1C(=O)O. The van der Waals surface area contributed by atoms with Gasteiger partial charge in [0.05, 0.1) is 11.8 Å². The quantitative estimate of drug-likeness (QED) is 0.878. The van der Waals surface area contributed by atoms with Crippen molar-refractivity contribution in [1.82, 2.24) is 10.3 Å². The largest absolute Gasteiger partial charge is 0.481 e. The van der Waals surface area contributed by atoms with Crippen LogP contribution < -0.4 is 5.32 Å². The van der Waals surface area contributed by atoms with Gasteiger partial charge in [0.2, 0.25) is 5.91 Å². The first kappa shape index (κ1) is 14.5. The monoisotopic (exact) mass is 276 g/mol. The lowest BCUT2D eigenvalue weighted by Gasteiger charge is -2.16. The van der Waals surface area contributed by atoms with Crippen LogP contribution in [0.3, 0.4) is 0 Å². The van der Waals surface area contributed by atoms with Gasteiger partial charge in [-0.2, -0.15) is 0 Å². The highest BCUT2D eigenvalue weighted by atomic mass is 16.4. The fourth-order valence-electron chi connectivity index (χ4n) is 2.85. The molecule has 108 valence electrons. The third kappa shape index (κ3) is 3.15. The van der Waals surface area contributed by atoms with Crippen LogP contribution >= 0.6 is 0 Å². The lowest BCUT2D eigenvalue weighted by atomic mass is 9.95. The first-order valence-corrected chi connectivity index (χ1v) is 6.89. The predicted octanol–water partition coefficient (Wildman–Crippen LogP) is 1.75. The normalized spacial score (nSPS) is 25.4. The van der Waals surface area contributed by atoms with Crippen LogP contribution in [0, 0.1) is 24.7 Å². The first-order valence-electron chi connectivity index (χ1n) is 6.89. The Bertz CT molecular complexity index is 516. The second-order valence-corrected chi connectivity index (χ2v) is 5.65. The summed E-state index contributed by atoms with van der Waals surface area (Å²) in [4.78, 5) is 27.4. The number of carboxylic acids is 1. The molecular formula is C15H20N2O3. The van der Waals surface area contributed by atoms with Gasteiger partial charge in [-0.3, -0.25) is 14.6 Å². The molecule has 20 heavy (non-hydrogen) atoms. The smallest absolute Gasteiger partial charge is 0.307 e. The summed E-state index contributed by atoms with van der Waals surface area (Å²) in [6.45, 7) is 4.35. The molecule has 1 aliphatic carbocycles. The molecule has 1 aromatic heterocycles. The van der Waals surface area contributed by atoms with Crippen molar-refractivity contribution in [3.63, 3.8) is 0 Å². The Morgan fingerprint density at radius 1 is 1.40 bits per heavy atom. The Balaban J connectivity index is 1.98. The average Bonchev–Trinajstić information content (AvgIpc) is 2.80. The fourth-order valence-corrected chi connectivity index (χ4v) is 2.85. The minimum absolute atomic E-state index is 0.162. The Hall–Kier alpha value is -1.91. The maximum atomic E-state index is 12.2. The van der Waals surface area contributed by atoms with E-state index in [-0.39, 0.29) is 11.8 Å². The molecule has 0 saturated heterocycles. The van der Waals surface area contributed by atoms with Crippen molar-refractivity contribution in [2.45, 2.75) is 33.2 Å². The molecule has 2 N–H and O–H groups in total. The highest BCUT2D eigenvalue weighted by Gasteiger charge is 2.40. The number of carbonyl (C=O) groups is 2. The number of rotatable bonds is 4.